The largest absolute Gasteiger partial charge is 0.486 e. The zero-order chi connectivity index (χ0) is 24.2. The van der Waals surface area contributed by atoms with Gasteiger partial charge in [-0.05, 0) is 60.2 Å². The van der Waals surface area contributed by atoms with Crippen LogP contribution in [0.3, 0.4) is 0 Å². The van der Waals surface area contributed by atoms with E-state index in [0.29, 0.717) is 12.5 Å². The van der Waals surface area contributed by atoms with Gasteiger partial charge in [-0.25, -0.2) is 0 Å². The van der Waals surface area contributed by atoms with Crippen molar-refractivity contribution in [2.24, 2.45) is 0 Å². The van der Waals surface area contributed by atoms with Crippen LogP contribution in [0.15, 0.2) is 90.2 Å². The molecular weight excluding hydrogens is 464 g/mol. The molecule has 3 aromatic carbocycles. The highest BCUT2D eigenvalue weighted by Crippen LogP contribution is 2.33. The van der Waals surface area contributed by atoms with Gasteiger partial charge in [0.25, 0.3) is 0 Å². The number of benzene rings is 3. The number of hydrogen-bond acceptors (Lipinski definition) is 4. The van der Waals surface area contributed by atoms with E-state index in [9.17, 15) is 0 Å². The van der Waals surface area contributed by atoms with Crippen molar-refractivity contribution in [3.63, 3.8) is 0 Å². The van der Waals surface area contributed by atoms with Crippen molar-refractivity contribution in [1.29, 1.82) is 0 Å². The molecule has 182 valence electrons. The molecule has 0 radical (unpaired) electrons. The molecule has 1 saturated carbocycles. The topological polar surface area (TPSA) is 55.7 Å². The van der Waals surface area contributed by atoms with Crippen LogP contribution in [0.1, 0.15) is 55.0 Å². The van der Waals surface area contributed by atoms with Crippen molar-refractivity contribution in [1.82, 2.24) is 19.7 Å². The van der Waals surface area contributed by atoms with E-state index in [1.807, 2.05) is 18.2 Å². The first kappa shape index (κ1) is 22.9. The summed E-state index contributed by atoms with van der Waals surface area (Å²) in [4.78, 5) is 3.36. The number of H-pyrrole nitrogens is 1. The number of thioether (sulfide) groups is 1. The summed E-state index contributed by atoms with van der Waals surface area (Å²) in [5, 5.41) is 11.2. The molecule has 1 fully saturated rings. The minimum Gasteiger partial charge on any atom is -0.486 e. The lowest BCUT2D eigenvalue weighted by molar-refractivity contribution is 0.292. The number of para-hydroxylation sites is 2. The van der Waals surface area contributed by atoms with Gasteiger partial charge in [0, 0.05) is 28.5 Å². The molecule has 0 atom stereocenters. The van der Waals surface area contributed by atoms with Gasteiger partial charge in [-0.3, -0.25) is 4.57 Å². The molecule has 0 saturated heterocycles. The molecule has 1 aliphatic rings. The molecule has 36 heavy (non-hydrogen) atoms. The highest BCUT2D eigenvalue weighted by Gasteiger charge is 2.17. The third-order valence-corrected chi connectivity index (χ3v) is 8.05. The standard InChI is InChI=1S/C30H30N4OS/c1-3-9-22(10-4-1)23-15-17-26(18-16-23)35-20-29-32-33-30(34(29)25-11-5-2-6-12-25)36-21-24-19-31-28-14-8-7-13-27(24)28/h2,5-8,11-19,22,31H,1,3-4,9-10,20-21H2. The molecule has 5 aromatic rings. The smallest absolute Gasteiger partial charge is 0.196 e. The molecule has 0 bridgehead atoms. The van der Waals surface area contributed by atoms with E-state index < -0.39 is 0 Å². The van der Waals surface area contributed by atoms with Crippen LogP contribution < -0.4 is 4.74 Å². The molecule has 2 aromatic heterocycles. The van der Waals surface area contributed by atoms with Crippen molar-refractivity contribution in [2.45, 2.75) is 55.5 Å². The Kier molecular flexibility index (Phi) is 6.77. The summed E-state index contributed by atoms with van der Waals surface area (Å²) in [5.74, 6) is 3.16. The minimum atomic E-state index is 0.359. The first-order valence-electron chi connectivity index (χ1n) is 12.8. The van der Waals surface area contributed by atoms with Crippen LogP contribution in [-0.2, 0) is 12.4 Å². The Labute approximate surface area is 215 Å². The predicted octanol–water partition coefficient (Wildman–Crippen LogP) is 7.67. The molecule has 2 heterocycles. The van der Waals surface area contributed by atoms with Crippen LogP contribution in [-0.4, -0.2) is 19.7 Å². The molecule has 0 aliphatic heterocycles. The zero-order valence-corrected chi connectivity index (χ0v) is 21.1. The number of ether oxygens (including phenoxy) is 1. The monoisotopic (exact) mass is 494 g/mol. The summed E-state index contributed by atoms with van der Waals surface area (Å²) in [6.45, 7) is 0.359. The molecule has 0 amide bonds. The Bertz CT molecular complexity index is 1420. The fourth-order valence-electron chi connectivity index (χ4n) is 5.14. The second-order valence-corrected chi connectivity index (χ2v) is 10.4. The SMILES string of the molecule is c1ccc(-n2c(COc3ccc(C4CCCCC4)cc3)nnc2SCc2c[nH]c3ccccc23)cc1. The quantitative estimate of drug-likeness (QED) is 0.225. The number of nitrogens with zero attached hydrogens (tertiary/aromatic N) is 3. The summed E-state index contributed by atoms with van der Waals surface area (Å²) in [6.07, 6.45) is 8.76. The molecule has 0 spiro atoms. The number of aromatic amines is 1. The lowest BCUT2D eigenvalue weighted by Gasteiger charge is -2.22. The van der Waals surface area contributed by atoms with E-state index in [1.165, 1.54) is 48.6 Å². The Morgan fingerprint density at radius 2 is 1.64 bits per heavy atom. The predicted molar refractivity (Wildman–Crippen MR) is 146 cm³/mol. The summed E-state index contributed by atoms with van der Waals surface area (Å²) in [5.41, 5.74) is 4.89. The van der Waals surface area contributed by atoms with Crippen molar-refractivity contribution in [3.05, 3.63) is 102 Å². The fourth-order valence-corrected chi connectivity index (χ4v) is 6.10. The van der Waals surface area contributed by atoms with Gasteiger partial charge < -0.3 is 9.72 Å². The zero-order valence-electron chi connectivity index (χ0n) is 20.3. The van der Waals surface area contributed by atoms with Gasteiger partial charge in [-0.1, -0.05) is 79.6 Å². The van der Waals surface area contributed by atoms with E-state index in [0.717, 1.165) is 33.7 Å². The number of aromatic nitrogens is 4. The highest BCUT2D eigenvalue weighted by atomic mass is 32.2. The van der Waals surface area contributed by atoms with Crippen molar-refractivity contribution in [3.8, 4) is 11.4 Å². The Hall–Kier alpha value is -3.51. The van der Waals surface area contributed by atoms with E-state index in [4.69, 9.17) is 4.74 Å². The summed E-state index contributed by atoms with van der Waals surface area (Å²) < 4.78 is 8.29. The van der Waals surface area contributed by atoms with Crippen LogP contribution >= 0.6 is 11.8 Å². The second-order valence-electron chi connectivity index (χ2n) is 9.41. The first-order chi connectivity index (χ1) is 17.8. The maximum absolute atomic E-state index is 6.18. The molecule has 6 heteroatoms. The lowest BCUT2D eigenvalue weighted by atomic mass is 9.84. The average molecular weight is 495 g/mol. The molecule has 6 rings (SSSR count). The van der Waals surface area contributed by atoms with Crippen molar-refractivity contribution < 1.29 is 4.74 Å². The number of fused-ring (bicyclic) bond motifs is 1. The Morgan fingerprint density at radius 1 is 0.861 bits per heavy atom. The minimum absolute atomic E-state index is 0.359. The third-order valence-electron chi connectivity index (χ3n) is 7.07. The number of hydrogen-bond donors (Lipinski definition) is 1. The summed E-state index contributed by atoms with van der Waals surface area (Å²) in [7, 11) is 0. The van der Waals surface area contributed by atoms with Gasteiger partial charge in [0.05, 0.1) is 0 Å². The van der Waals surface area contributed by atoms with Gasteiger partial charge >= 0.3 is 0 Å². The maximum atomic E-state index is 6.18. The van der Waals surface area contributed by atoms with E-state index in [-0.39, 0.29) is 0 Å². The molecule has 1 N–H and O–H groups in total. The van der Waals surface area contributed by atoms with Crippen molar-refractivity contribution >= 4 is 22.7 Å². The van der Waals surface area contributed by atoms with E-state index >= 15 is 0 Å². The molecular formula is C30H30N4OS. The second kappa shape index (κ2) is 10.6. The van der Waals surface area contributed by atoms with Gasteiger partial charge in [0.15, 0.2) is 11.0 Å². The normalized spacial score (nSPS) is 14.3. The van der Waals surface area contributed by atoms with Crippen molar-refractivity contribution in [2.75, 3.05) is 0 Å². The average Bonchev–Trinajstić information content (AvgIpc) is 3.56. The first-order valence-corrected chi connectivity index (χ1v) is 13.7. The van der Waals surface area contributed by atoms with Crippen LogP contribution in [0.25, 0.3) is 16.6 Å². The maximum Gasteiger partial charge on any atom is 0.196 e. The summed E-state index contributed by atoms with van der Waals surface area (Å²) in [6, 6.07) is 27.3. The lowest BCUT2D eigenvalue weighted by Crippen LogP contribution is -2.07. The molecule has 5 nitrogen and oxygen atoms in total. The van der Waals surface area contributed by atoms with Gasteiger partial charge in [-0.15, -0.1) is 10.2 Å². The highest BCUT2D eigenvalue weighted by molar-refractivity contribution is 7.98. The fraction of sp³-hybridized carbons (Fsp3) is 0.267. The Balaban J connectivity index is 1.19. The van der Waals surface area contributed by atoms with E-state index in [2.05, 4.69) is 86.6 Å². The number of nitrogens with one attached hydrogen (secondary N) is 1. The van der Waals surface area contributed by atoms with Crippen LogP contribution in [0.4, 0.5) is 0 Å². The van der Waals surface area contributed by atoms with Gasteiger partial charge in [0.2, 0.25) is 0 Å². The molecule has 1 aliphatic carbocycles. The van der Waals surface area contributed by atoms with Crippen LogP contribution in [0.5, 0.6) is 5.75 Å². The molecule has 0 unspecified atom stereocenters. The van der Waals surface area contributed by atoms with Gasteiger partial charge in [0.1, 0.15) is 12.4 Å². The Morgan fingerprint density at radius 3 is 2.47 bits per heavy atom. The van der Waals surface area contributed by atoms with E-state index in [1.54, 1.807) is 11.8 Å². The number of rotatable bonds is 8. The van der Waals surface area contributed by atoms with Crippen LogP contribution in [0.2, 0.25) is 0 Å². The van der Waals surface area contributed by atoms with Gasteiger partial charge in [-0.2, -0.15) is 0 Å². The third kappa shape index (κ3) is 4.91. The van der Waals surface area contributed by atoms with Crippen LogP contribution in [0, 0.1) is 0 Å². The summed E-state index contributed by atoms with van der Waals surface area (Å²) >= 11 is 1.69.